The number of aryl methyl sites for hydroxylation is 1. The zero-order chi connectivity index (χ0) is 11.5. The number of nitrogen functional groups attached to an aromatic ring is 1. The molecule has 4 nitrogen and oxygen atoms in total. The molecule has 2 heterocycles. The number of anilines is 3. The largest absolute Gasteiger partial charge is 0.396 e. The van der Waals surface area contributed by atoms with Crippen molar-refractivity contribution in [3.8, 4) is 0 Å². The van der Waals surface area contributed by atoms with Crippen molar-refractivity contribution in [2.45, 2.75) is 26.2 Å². The Hall–Kier alpha value is -1.45. The molecule has 1 fully saturated rings. The first kappa shape index (κ1) is 11.0. The van der Waals surface area contributed by atoms with E-state index in [0.717, 1.165) is 36.0 Å². The predicted octanol–water partition coefficient (Wildman–Crippen LogP) is 2.00. The van der Waals surface area contributed by atoms with Crippen molar-refractivity contribution >= 4 is 17.3 Å². The molecule has 0 amide bonds. The Morgan fingerprint density at radius 3 is 2.62 bits per heavy atom. The first-order valence-corrected chi connectivity index (χ1v) is 5.92. The fourth-order valence-corrected chi connectivity index (χ4v) is 2.14. The van der Waals surface area contributed by atoms with Crippen LogP contribution in [0.5, 0.6) is 0 Å². The zero-order valence-electron chi connectivity index (χ0n) is 10.1. The molecule has 0 radical (unpaired) electrons. The lowest BCUT2D eigenvalue weighted by atomic mass is 10.1. The van der Waals surface area contributed by atoms with Crippen LogP contribution in [-0.4, -0.2) is 25.1 Å². The van der Waals surface area contributed by atoms with Gasteiger partial charge in [-0.2, -0.15) is 0 Å². The number of hydrogen-bond donors (Lipinski definition) is 2. The van der Waals surface area contributed by atoms with E-state index in [2.05, 4.69) is 21.3 Å². The molecule has 1 aromatic heterocycles. The third-order valence-electron chi connectivity index (χ3n) is 3.17. The smallest absolute Gasteiger partial charge is 0.151 e. The molecule has 0 unspecified atom stereocenters. The normalized spacial score (nSPS) is 16.2. The summed E-state index contributed by atoms with van der Waals surface area (Å²) in [7, 11) is 1.86. The van der Waals surface area contributed by atoms with Crippen molar-refractivity contribution < 1.29 is 0 Å². The Balaban J connectivity index is 2.29. The zero-order valence-corrected chi connectivity index (χ0v) is 10.1. The van der Waals surface area contributed by atoms with Crippen molar-refractivity contribution in [3.63, 3.8) is 0 Å². The van der Waals surface area contributed by atoms with E-state index in [1.807, 2.05) is 14.0 Å². The molecule has 88 valence electrons. The highest BCUT2D eigenvalue weighted by Crippen LogP contribution is 2.26. The van der Waals surface area contributed by atoms with E-state index in [0.29, 0.717) is 0 Å². The van der Waals surface area contributed by atoms with Gasteiger partial charge in [-0.1, -0.05) is 0 Å². The Bertz CT molecular complexity index is 370. The van der Waals surface area contributed by atoms with Crippen LogP contribution >= 0.6 is 0 Å². The summed E-state index contributed by atoms with van der Waals surface area (Å²) >= 11 is 0. The maximum Gasteiger partial charge on any atom is 0.151 e. The van der Waals surface area contributed by atoms with Gasteiger partial charge in [0.05, 0.1) is 5.69 Å². The molecule has 0 aromatic carbocycles. The van der Waals surface area contributed by atoms with Crippen LogP contribution in [0.15, 0.2) is 6.07 Å². The third kappa shape index (κ3) is 2.05. The van der Waals surface area contributed by atoms with Gasteiger partial charge >= 0.3 is 0 Å². The summed E-state index contributed by atoms with van der Waals surface area (Å²) in [6.45, 7) is 4.25. The van der Waals surface area contributed by atoms with Crippen molar-refractivity contribution in [1.29, 1.82) is 0 Å². The average Bonchev–Trinajstić information content (AvgIpc) is 2.33. The number of hydrogen-bond acceptors (Lipinski definition) is 4. The lowest BCUT2D eigenvalue weighted by molar-refractivity contribution is 0.573. The van der Waals surface area contributed by atoms with Crippen LogP contribution in [0, 0.1) is 6.92 Å². The Morgan fingerprint density at radius 2 is 2.00 bits per heavy atom. The van der Waals surface area contributed by atoms with E-state index >= 15 is 0 Å². The first-order chi connectivity index (χ1) is 7.72. The first-order valence-electron chi connectivity index (χ1n) is 5.92. The molecule has 0 atom stereocenters. The van der Waals surface area contributed by atoms with Crippen LogP contribution in [-0.2, 0) is 0 Å². The van der Waals surface area contributed by atoms with Crippen molar-refractivity contribution in [3.05, 3.63) is 11.6 Å². The van der Waals surface area contributed by atoms with Gasteiger partial charge < -0.3 is 16.0 Å². The molecule has 1 aromatic rings. The van der Waals surface area contributed by atoms with Crippen LogP contribution < -0.4 is 16.0 Å². The lowest BCUT2D eigenvalue weighted by Crippen LogP contribution is -2.30. The van der Waals surface area contributed by atoms with Gasteiger partial charge in [0.25, 0.3) is 0 Å². The minimum Gasteiger partial charge on any atom is -0.396 e. The maximum absolute atomic E-state index is 5.95. The van der Waals surface area contributed by atoms with Crippen LogP contribution in [0.3, 0.4) is 0 Å². The molecular formula is C12H20N4. The highest BCUT2D eigenvalue weighted by Gasteiger charge is 2.14. The number of nitrogens with one attached hydrogen (secondary N) is 1. The summed E-state index contributed by atoms with van der Waals surface area (Å²) in [5.41, 5.74) is 7.80. The third-order valence-corrected chi connectivity index (χ3v) is 3.17. The standard InChI is InChI=1S/C12H20N4/c1-9-8-10(15-12(14-2)11(9)13)16-6-4-3-5-7-16/h8H,3-7,13H2,1-2H3,(H,14,15). The van der Waals surface area contributed by atoms with E-state index in [9.17, 15) is 0 Å². The van der Waals surface area contributed by atoms with Crippen LogP contribution in [0.25, 0.3) is 0 Å². The molecule has 3 N–H and O–H groups in total. The molecule has 1 saturated heterocycles. The number of aromatic nitrogens is 1. The molecule has 0 saturated carbocycles. The van der Waals surface area contributed by atoms with Gasteiger partial charge in [0.15, 0.2) is 5.82 Å². The monoisotopic (exact) mass is 220 g/mol. The van der Waals surface area contributed by atoms with Gasteiger partial charge in [0, 0.05) is 20.1 Å². The molecule has 0 spiro atoms. The Morgan fingerprint density at radius 1 is 1.31 bits per heavy atom. The van der Waals surface area contributed by atoms with Crippen molar-refractivity contribution in [2.24, 2.45) is 0 Å². The van der Waals surface area contributed by atoms with Gasteiger partial charge in [-0.05, 0) is 37.8 Å². The van der Waals surface area contributed by atoms with Crippen LogP contribution in [0.2, 0.25) is 0 Å². The second-order valence-corrected chi connectivity index (χ2v) is 4.36. The Kier molecular flexibility index (Phi) is 3.17. The van der Waals surface area contributed by atoms with Gasteiger partial charge in [0.2, 0.25) is 0 Å². The van der Waals surface area contributed by atoms with E-state index in [1.54, 1.807) is 0 Å². The van der Waals surface area contributed by atoms with Crippen molar-refractivity contribution in [2.75, 3.05) is 36.1 Å². The highest BCUT2D eigenvalue weighted by atomic mass is 15.2. The van der Waals surface area contributed by atoms with Gasteiger partial charge in [0.1, 0.15) is 5.82 Å². The molecular weight excluding hydrogens is 200 g/mol. The van der Waals surface area contributed by atoms with E-state index in [4.69, 9.17) is 5.73 Å². The van der Waals surface area contributed by atoms with Gasteiger partial charge in [-0.15, -0.1) is 0 Å². The molecule has 2 rings (SSSR count). The quantitative estimate of drug-likeness (QED) is 0.800. The molecule has 0 aliphatic carbocycles. The number of pyridine rings is 1. The minimum atomic E-state index is 0.753. The van der Waals surface area contributed by atoms with Crippen LogP contribution in [0.1, 0.15) is 24.8 Å². The average molecular weight is 220 g/mol. The fraction of sp³-hybridized carbons (Fsp3) is 0.583. The van der Waals surface area contributed by atoms with Gasteiger partial charge in [-0.25, -0.2) is 4.98 Å². The van der Waals surface area contributed by atoms with E-state index < -0.39 is 0 Å². The fourth-order valence-electron chi connectivity index (χ4n) is 2.14. The molecule has 1 aliphatic rings. The van der Waals surface area contributed by atoms with Crippen LogP contribution in [0.4, 0.5) is 17.3 Å². The summed E-state index contributed by atoms with van der Waals surface area (Å²) in [5.74, 6) is 1.84. The second kappa shape index (κ2) is 4.60. The Labute approximate surface area is 96.8 Å². The van der Waals surface area contributed by atoms with Crippen molar-refractivity contribution in [1.82, 2.24) is 4.98 Å². The highest BCUT2D eigenvalue weighted by molar-refractivity contribution is 5.69. The summed E-state index contributed by atoms with van der Waals surface area (Å²) in [5, 5.41) is 3.05. The summed E-state index contributed by atoms with van der Waals surface area (Å²) in [6, 6.07) is 2.08. The summed E-state index contributed by atoms with van der Waals surface area (Å²) in [6.07, 6.45) is 3.86. The number of piperidine rings is 1. The predicted molar refractivity (Wildman–Crippen MR) is 69.0 cm³/mol. The summed E-state index contributed by atoms with van der Waals surface area (Å²) in [4.78, 5) is 6.91. The van der Waals surface area contributed by atoms with E-state index in [-0.39, 0.29) is 0 Å². The molecule has 16 heavy (non-hydrogen) atoms. The number of nitrogens with two attached hydrogens (primary N) is 1. The second-order valence-electron chi connectivity index (χ2n) is 4.36. The maximum atomic E-state index is 5.95. The minimum absolute atomic E-state index is 0.753. The topological polar surface area (TPSA) is 54.2 Å². The number of nitrogens with zero attached hydrogens (tertiary/aromatic N) is 2. The SMILES string of the molecule is CNc1nc(N2CCCCC2)cc(C)c1N. The summed E-state index contributed by atoms with van der Waals surface area (Å²) < 4.78 is 0. The van der Waals surface area contributed by atoms with E-state index in [1.165, 1.54) is 19.3 Å². The molecule has 4 heteroatoms. The lowest BCUT2D eigenvalue weighted by Gasteiger charge is -2.28. The molecule has 0 bridgehead atoms. The number of rotatable bonds is 2. The molecule has 1 aliphatic heterocycles. The van der Waals surface area contributed by atoms with Gasteiger partial charge in [-0.3, -0.25) is 0 Å².